The van der Waals surface area contributed by atoms with E-state index in [0.29, 0.717) is 17.2 Å². The average Bonchev–Trinajstić information content (AvgIpc) is 2.69. The number of hydrogen-bond donors (Lipinski definition) is 0. The number of ketones is 1. The highest BCUT2D eigenvalue weighted by atomic mass is 19.4. The van der Waals surface area contributed by atoms with E-state index in [1.165, 1.54) is 44.4 Å². The first kappa shape index (κ1) is 22.8. The van der Waals surface area contributed by atoms with E-state index < -0.39 is 39.7 Å². The largest absolute Gasteiger partial charge is 0.465 e. The van der Waals surface area contributed by atoms with Crippen molar-refractivity contribution in [2.75, 3.05) is 7.11 Å². The minimum absolute atomic E-state index is 0.0666. The molecule has 0 fully saturated rings. The van der Waals surface area contributed by atoms with Gasteiger partial charge in [-0.3, -0.25) is 14.9 Å². The number of carbonyl (C=O) groups excluding carboxylic acids is 2. The Morgan fingerprint density at radius 3 is 2.30 bits per heavy atom. The van der Waals surface area contributed by atoms with E-state index in [4.69, 9.17) is 0 Å². The molecule has 0 aliphatic heterocycles. The summed E-state index contributed by atoms with van der Waals surface area (Å²) in [4.78, 5) is 34.5. The number of methoxy groups -OCH3 is 1. The highest BCUT2D eigenvalue weighted by Gasteiger charge is 2.36. The summed E-state index contributed by atoms with van der Waals surface area (Å²) in [5.41, 5.74) is -1.45. The summed E-state index contributed by atoms with van der Waals surface area (Å²) < 4.78 is 45.7. The summed E-state index contributed by atoms with van der Waals surface area (Å²) in [5, 5.41) is 11.1. The van der Waals surface area contributed by atoms with Gasteiger partial charge in [-0.2, -0.15) is 13.2 Å². The van der Waals surface area contributed by atoms with Crippen LogP contribution in [-0.4, -0.2) is 30.0 Å². The number of non-ortho nitro benzene ring substituents is 1. The van der Waals surface area contributed by atoms with Crippen molar-refractivity contribution in [2.45, 2.75) is 26.4 Å². The number of hydrogen-bond acceptors (Lipinski definition) is 5. The molecule has 0 heterocycles. The highest BCUT2D eigenvalue weighted by molar-refractivity contribution is 6.09. The first-order valence-electron chi connectivity index (χ1n) is 8.78. The molecule has 2 aromatic rings. The van der Waals surface area contributed by atoms with Crippen LogP contribution >= 0.6 is 0 Å². The van der Waals surface area contributed by atoms with E-state index in [9.17, 15) is 32.9 Å². The molecule has 0 aromatic heterocycles. The number of benzene rings is 2. The third-order valence-corrected chi connectivity index (χ3v) is 4.40. The minimum atomic E-state index is -4.92. The maximum atomic E-state index is 13.7. The maximum absolute atomic E-state index is 13.7. The van der Waals surface area contributed by atoms with Crippen molar-refractivity contribution in [3.8, 4) is 0 Å². The molecular weight excluding hydrogens is 403 g/mol. The molecule has 30 heavy (non-hydrogen) atoms. The third-order valence-electron chi connectivity index (χ3n) is 4.40. The van der Waals surface area contributed by atoms with Crippen LogP contribution in [0.15, 0.2) is 42.5 Å². The van der Waals surface area contributed by atoms with E-state index in [2.05, 4.69) is 4.74 Å². The second kappa shape index (κ2) is 8.89. The van der Waals surface area contributed by atoms with Crippen molar-refractivity contribution in [2.24, 2.45) is 0 Å². The van der Waals surface area contributed by atoms with Crippen molar-refractivity contribution in [3.63, 3.8) is 0 Å². The molecule has 158 valence electrons. The predicted molar refractivity (Wildman–Crippen MR) is 103 cm³/mol. The molecule has 9 heteroatoms. The fraction of sp³-hybridized carbons (Fsp3) is 0.238. The fourth-order valence-electron chi connectivity index (χ4n) is 2.84. The molecule has 2 rings (SSSR count). The molecular formula is C21H18F3NO5. The van der Waals surface area contributed by atoms with Crippen molar-refractivity contribution in [1.29, 1.82) is 0 Å². The van der Waals surface area contributed by atoms with Gasteiger partial charge in [0.2, 0.25) is 0 Å². The Morgan fingerprint density at radius 1 is 1.13 bits per heavy atom. The van der Waals surface area contributed by atoms with Gasteiger partial charge >= 0.3 is 12.1 Å². The van der Waals surface area contributed by atoms with E-state index in [1.807, 2.05) is 0 Å². The Balaban J connectivity index is 2.57. The summed E-state index contributed by atoms with van der Waals surface area (Å²) in [7, 11) is 1.18. The molecule has 0 saturated carbocycles. The zero-order valence-corrected chi connectivity index (χ0v) is 16.4. The number of allylic oxidation sites excluding steroid dienone is 2. The standard InChI is InChI=1S/C21H18F3NO5/c1-4-13-8-15(10-16(9-13)25(28)29)18(21(22,23)24)11-19(26)14-5-6-17(12(2)7-14)20(27)30-3/h5-11H,4H2,1-3H3/b18-11+. The molecule has 0 saturated heterocycles. The Morgan fingerprint density at radius 2 is 1.80 bits per heavy atom. The van der Waals surface area contributed by atoms with Crippen LogP contribution in [0.2, 0.25) is 0 Å². The van der Waals surface area contributed by atoms with Crippen LogP contribution in [0.3, 0.4) is 0 Å². The molecule has 0 amide bonds. The molecule has 0 unspecified atom stereocenters. The Labute approximate surface area is 170 Å². The Hall–Kier alpha value is -3.49. The molecule has 2 aromatic carbocycles. The monoisotopic (exact) mass is 421 g/mol. The number of aryl methyl sites for hydroxylation is 2. The average molecular weight is 421 g/mol. The summed E-state index contributed by atoms with van der Waals surface area (Å²) in [6, 6.07) is 6.94. The van der Waals surface area contributed by atoms with Crippen LogP contribution in [0.1, 0.15) is 44.3 Å². The SMILES string of the molecule is CCc1cc(/C(=C\C(=O)c2ccc(C(=O)OC)c(C)c2)C(F)(F)F)cc([N+](=O)[O-])c1. The number of rotatable bonds is 6. The van der Waals surface area contributed by atoms with Gasteiger partial charge in [-0.25, -0.2) is 4.79 Å². The molecule has 0 aliphatic carbocycles. The molecule has 0 bridgehead atoms. The van der Waals surface area contributed by atoms with E-state index in [1.54, 1.807) is 6.92 Å². The summed E-state index contributed by atoms with van der Waals surface area (Å²) >= 11 is 0. The molecule has 0 aliphatic rings. The first-order chi connectivity index (χ1) is 14.0. The van der Waals surface area contributed by atoms with Gasteiger partial charge in [0.1, 0.15) is 0 Å². The summed E-state index contributed by atoms with van der Waals surface area (Å²) in [5.74, 6) is -1.59. The second-order valence-corrected chi connectivity index (χ2v) is 6.44. The van der Waals surface area contributed by atoms with Crippen molar-refractivity contribution in [1.82, 2.24) is 0 Å². The van der Waals surface area contributed by atoms with E-state index in [0.717, 1.165) is 6.07 Å². The number of esters is 1. The van der Waals surface area contributed by atoms with Crippen molar-refractivity contribution in [3.05, 3.63) is 80.4 Å². The lowest BCUT2D eigenvalue weighted by molar-refractivity contribution is -0.384. The van der Waals surface area contributed by atoms with Crippen LogP contribution in [0, 0.1) is 17.0 Å². The van der Waals surface area contributed by atoms with Crippen molar-refractivity contribution >= 4 is 23.0 Å². The number of ether oxygens (including phenoxy) is 1. The van der Waals surface area contributed by atoms with Gasteiger partial charge in [0.05, 0.1) is 23.2 Å². The lowest BCUT2D eigenvalue weighted by Crippen LogP contribution is -2.13. The summed E-state index contributed by atoms with van der Waals surface area (Å²) in [6.45, 7) is 3.17. The smallest absolute Gasteiger partial charge is 0.417 e. The van der Waals surface area contributed by atoms with Gasteiger partial charge in [0, 0.05) is 17.7 Å². The van der Waals surface area contributed by atoms with Crippen molar-refractivity contribution < 1.29 is 32.4 Å². The number of nitro groups is 1. The second-order valence-electron chi connectivity index (χ2n) is 6.44. The molecule has 6 nitrogen and oxygen atoms in total. The van der Waals surface area contributed by atoms with E-state index in [-0.39, 0.29) is 17.5 Å². The van der Waals surface area contributed by atoms with Gasteiger partial charge in [0.25, 0.3) is 5.69 Å². The number of nitro benzene ring substituents is 1. The predicted octanol–water partition coefficient (Wildman–Crippen LogP) is 5.08. The molecule has 0 radical (unpaired) electrons. The van der Waals surface area contributed by atoms with Crippen LogP contribution in [0.4, 0.5) is 18.9 Å². The highest BCUT2D eigenvalue weighted by Crippen LogP contribution is 2.36. The quantitative estimate of drug-likeness (QED) is 0.213. The topological polar surface area (TPSA) is 86.5 Å². The van der Waals surface area contributed by atoms with Crippen LogP contribution < -0.4 is 0 Å². The first-order valence-corrected chi connectivity index (χ1v) is 8.78. The number of carbonyl (C=O) groups is 2. The maximum Gasteiger partial charge on any atom is 0.417 e. The Kier molecular flexibility index (Phi) is 6.76. The number of nitrogens with zero attached hydrogens (tertiary/aromatic N) is 1. The van der Waals surface area contributed by atoms with Crippen LogP contribution in [0.25, 0.3) is 5.57 Å². The van der Waals surface area contributed by atoms with Crippen LogP contribution in [0.5, 0.6) is 0 Å². The van der Waals surface area contributed by atoms with Crippen LogP contribution in [-0.2, 0) is 11.2 Å². The molecule has 0 N–H and O–H groups in total. The van der Waals surface area contributed by atoms with Gasteiger partial charge in [-0.15, -0.1) is 0 Å². The molecule has 0 spiro atoms. The van der Waals surface area contributed by atoms with Gasteiger partial charge in [-0.05, 0) is 48.2 Å². The Bertz CT molecular complexity index is 1040. The summed E-state index contributed by atoms with van der Waals surface area (Å²) in [6.07, 6.45) is -4.23. The van der Waals surface area contributed by atoms with E-state index >= 15 is 0 Å². The minimum Gasteiger partial charge on any atom is -0.465 e. The third kappa shape index (κ3) is 5.11. The zero-order valence-electron chi connectivity index (χ0n) is 16.4. The zero-order chi connectivity index (χ0) is 22.6. The fourth-order valence-corrected chi connectivity index (χ4v) is 2.84. The number of alkyl halides is 3. The van der Waals surface area contributed by atoms with Gasteiger partial charge in [0.15, 0.2) is 5.78 Å². The lowest BCUT2D eigenvalue weighted by atomic mass is 9.97. The normalized spacial score (nSPS) is 11.9. The lowest BCUT2D eigenvalue weighted by Gasteiger charge is -2.13. The van der Waals surface area contributed by atoms with Gasteiger partial charge in [-0.1, -0.05) is 19.1 Å². The number of halogens is 3. The van der Waals surface area contributed by atoms with Gasteiger partial charge < -0.3 is 4.74 Å². The molecule has 0 atom stereocenters.